The van der Waals surface area contributed by atoms with Crippen molar-refractivity contribution in [2.75, 3.05) is 6.54 Å². The molecule has 3 saturated heterocycles. The van der Waals surface area contributed by atoms with Crippen LogP contribution in [0.2, 0.25) is 0 Å². The molecule has 3 heterocycles. The van der Waals surface area contributed by atoms with Crippen molar-refractivity contribution >= 4 is 0 Å². The van der Waals surface area contributed by atoms with Crippen LogP contribution < -0.4 is 0 Å². The van der Waals surface area contributed by atoms with Gasteiger partial charge in [0.15, 0.2) is 0 Å². The third-order valence-corrected chi connectivity index (χ3v) is 10.1. The highest BCUT2D eigenvalue weighted by Gasteiger charge is 2.90. The Bertz CT molecular complexity index is 709. The summed E-state index contributed by atoms with van der Waals surface area (Å²) in [6.07, 6.45) is 2.76. The lowest BCUT2D eigenvalue weighted by molar-refractivity contribution is -0.213. The first-order valence-electron chi connectivity index (χ1n) is 9.83. The molecule has 0 aromatic carbocycles. The van der Waals surface area contributed by atoms with Crippen molar-refractivity contribution in [1.82, 2.24) is 4.90 Å². The summed E-state index contributed by atoms with van der Waals surface area (Å²) in [5.41, 5.74) is 1.37. The van der Waals surface area contributed by atoms with Gasteiger partial charge in [-0.3, -0.25) is 4.90 Å². The molecule has 130 valence electrons. The summed E-state index contributed by atoms with van der Waals surface area (Å²) in [4.78, 5) is 2.73. The van der Waals surface area contributed by atoms with Crippen molar-refractivity contribution in [3.05, 3.63) is 12.2 Å². The van der Waals surface area contributed by atoms with E-state index in [1.807, 2.05) is 0 Å². The van der Waals surface area contributed by atoms with Gasteiger partial charge in [0.1, 0.15) is 0 Å². The third-order valence-electron chi connectivity index (χ3n) is 10.1. The van der Waals surface area contributed by atoms with E-state index in [1.54, 1.807) is 0 Å². The topological polar surface area (TPSA) is 63.9 Å². The van der Waals surface area contributed by atoms with Crippen LogP contribution in [0.15, 0.2) is 12.2 Å². The van der Waals surface area contributed by atoms with Gasteiger partial charge in [-0.1, -0.05) is 19.1 Å². The van der Waals surface area contributed by atoms with Crippen LogP contribution in [-0.2, 0) is 0 Å². The lowest BCUT2D eigenvalue weighted by Gasteiger charge is -2.65. The van der Waals surface area contributed by atoms with Crippen molar-refractivity contribution < 1.29 is 15.3 Å². The lowest BCUT2D eigenvalue weighted by atomic mass is 9.39. The molecule has 6 saturated carbocycles. The van der Waals surface area contributed by atoms with Crippen LogP contribution in [0.5, 0.6) is 0 Å². The van der Waals surface area contributed by atoms with Gasteiger partial charge in [0, 0.05) is 30.5 Å². The Morgan fingerprint density at radius 2 is 1.88 bits per heavy atom. The van der Waals surface area contributed by atoms with E-state index in [9.17, 15) is 15.3 Å². The highest BCUT2D eigenvalue weighted by Crippen LogP contribution is 2.86. The molecule has 0 radical (unpaired) electrons. The second-order valence-electron chi connectivity index (χ2n) is 10.8. The maximum Gasteiger partial charge on any atom is 0.0679 e. The quantitative estimate of drug-likeness (QED) is 0.574. The summed E-state index contributed by atoms with van der Waals surface area (Å²) in [7, 11) is 0. The summed E-state index contributed by atoms with van der Waals surface area (Å²) >= 11 is 0. The molecule has 24 heavy (non-hydrogen) atoms. The monoisotopic (exact) mass is 329 g/mol. The van der Waals surface area contributed by atoms with E-state index in [0.717, 1.165) is 37.8 Å². The zero-order valence-electron chi connectivity index (χ0n) is 14.2. The Morgan fingerprint density at radius 3 is 2.67 bits per heavy atom. The molecule has 6 aliphatic carbocycles. The number of fused-ring (bicyclic) bond motifs is 1. The average molecular weight is 329 g/mol. The summed E-state index contributed by atoms with van der Waals surface area (Å²) in [5, 5.41) is 33.3. The SMILES string of the molecule is C=C1C[C@]23C[C@H]4[C@H]5[C@@]6(C)C[C@H](O)C[C@@]57[C@@H]([C@H]2[C@@H](O)[C@H]1[C@@H](O)[C@@H]37)N4C6. The number of aliphatic hydroxyl groups excluding tert-OH is 3. The molecule has 9 aliphatic rings. The summed E-state index contributed by atoms with van der Waals surface area (Å²) < 4.78 is 0. The van der Waals surface area contributed by atoms with Gasteiger partial charge in [0.2, 0.25) is 0 Å². The molecule has 2 spiro atoms. The fraction of sp³-hybridized carbons (Fsp3) is 0.900. The van der Waals surface area contributed by atoms with Gasteiger partial charge < -0.3 is 15.3 Å². The van der Waals surface area contributed by atoms with Gasteiger partial charge in [0.05, 0.1) is 18.3 Å². The molecule has 9 bridgehead atoms. The zero-order valence-corrected chi connectivity index (χ0v) is 14.2. The van der Waals surface area contributed by atoms with E-state index >= 15 is 0 Å². The van der Waals surface area contributed by atoms with E-state index in [-0.39, 0.29) is 40.1 Å². The highest BCUT2D eigenvalue weighted by atomic mass is 16.3. The van der Waals surface area contributed by atoms with E-state index in [2.05, 4.69) is 18.4 Å². The molecule has 9 fully saturated rings. The van der Waals surface area contributed by atoms with Gasteiger partial charge in [-0.05, 0) is 53.8 Å². The Balaban J connectivity index is 1.54. The predicted octanol–water partition coefficient (Wildman–Crippen LogP) is 0.764. The highest BCUT2D eigenvalue weighted by molar-refractivity contribution is 5.43. The summed E-state index contributed by atoms with van der Waals surface area (Å²) in [6.45, 7) is 7.72. The van der Waals surface area contributed by atoms with E-state index in [1.165, 1.54) is 0 Å². The van der Waals surface area contributed by atoms with Gasteiger partial charge in [-0.15, -0.1) is 0 Å². The van der Waals surface area contributed by atoms with Crippen molar-refractivity contribution in [2.45, 2.75) is 63.0 Å². The molecule has 0 aromatic rings. The Labute approximate surface area is 142 Å². The summed E-state index contributed by atoms with van der Waals surface area (Å²) in [5.74, 6) is 1.02. The Morgan fingerprint density at radius 1 is 1.08 bits per heavy atom. The minimum Gasteiger partial charge on any atom is -0.393 e. The number of hydrogen-bond donors (Lipinski definition) is 3. The largest absolute Gasteiger partial charge is 0.393 e. The number of rotatable bonds is 0. The molecular weight excluding hydrogens is 302 g/mol. The van der Waals surface area contributed by atoms with Crippen LogP contribution in [0.25, 0.3) is 0 Å². The predicted molar refractivity (Wildman–Crippen MR) is 86.8 cm³/mol. The number of aliphatic hydroxyl groups is 3. The number of nitrogens with zero attached hydrogens (tertiary/aromatic N) is 1. The number of hydrogen-bond acceptors (Lipinski definition) is 4. The molecule has 0 amide bonds. The Kier molecular flexibility index (Phi) is 1.95. The minimum atomic E-state index is -0.460. The van der Waals surface area contributed by atoms with Crippen LogP contribution in [0.1, 0.15) is 32.6 Å². The molecule has 0 aromatic heterocycles. The molecule has 13 atom stereocenters. The van der Waals surface area contributed by atoms with Crippen LogP contribution in [0.4, 0.5) is 0 Å². The lowest BCUT2D eigenvalue weighted by Crippen LogP contribution is -2.67. The second kappa shape index (κ2) is 3.40. The first-order valence-corrected chi connectivity index (χ1v) is 9.83. The molecule has 1 unspecified atom stereocenters. The third kappa shape index (κ3) is 0.980. The smallest absolute Gasteiger partial charge is 0.0679 e. The normalized spacial score (nSPS) is 76.1. The van der Waals surface area contributed by atoms with Crippen molar-refractivity contribution in [3.8, 4) is 0 Å². The first kappa shape index (κ1) is 13.7. The maximum absolute atomic E-state index is 11.3. The fourth-order valence-corrected chi connectivity index (χ4v) is 10.7. The molecule has 4 nitrogen and oxygen atoms in total. The van der Waals surface area contributed by atoms with E-state index in [0.29, 0.717) is 18.0 Å². The van der Waals surface area contributed by atoms with Crippen LogP contribution >= 0.6 is 0 Å². The maximum atomic E-state index is 11.3. The first-order chi connectivity index (χ1) is 11.4. The second-order valence-corrected chi connectivity index (χ2v) is 10.8. The van der Waals surface area contributed by atoms with Gasteiger partial charge >= 0.3 is 0 Å². The molecule has 9 rings (SSSR count). The van der Waals surface area contributed by atoms with Crippen molar-refractivity contribution in [1.29, 1.82) is 0 Å². The average Bonchev–Trinajstić information content (AvgIpc) is 2.88. The standard InChI is InChI=1S/C20H27NO3/c1-8-3-19-6-10-15-18(2)4-9(22)5-20(15)16(19)14(24)11(8)13(23)12(19)17(20)21(10)7-18/h9-17,22-24H,1,3-7H2,2H3/t9-,10-,11-,12+,13-,14+,15-,16-,17+,18-,19-,20+/m0/s1. The fourth-order valence-electron chi connectivity index (χ4n) is 10.7. The molecule has 3 aliphatic heterocycles. The zero-order chi connectivity index (χ0) is 16.4. The van der Waals surface area contributed by atoms with Gasteiger partial charge in [-0.25, -0.2) is 0 Å². The van der Waals surface area contributed by atoms with E-state index < -0.39 is 12.2 Å². The molecule has 4 heteroatoms. The number of piperidine rings is 2. The van der Waals surface area contributed by atoms with Crippen LogP contribution in [0, 0.1) is 39.9 Å². The van der Waals surface area contributed by atoms with E-state index in [4.69, 9.17) is 0 Å². The minimum absolute atomic E-state index is 0.0358. The van der Waals surface area contributed by atoms with Crippen LogP contribution in [-0.4, -0.2) is 57.2 Å². The van der Waals surface area contributed by atoms with Crippen molar-refractivity contribution in [3.63, 3.8) is 0 Å². The van der Waals surface area contributed by atoms with Crippen molar-refractivity contribution in [2.24, 2.45) is 39.9 Å². The van der Waals surface area contributed by atoms with Gasteiger partial charge in [-0.2, -0.15) is 0 Å². The Hall–Kier alpha value is -0.420. The van der Waals surface area contributed by atoms with Gasteiger partial charge in [0.25, 0.3) is 0 Å². The van der Waals surface area contributed by atoms with Crippen LogP contribution in [0.3, 0.4) is 0 Å². The summed E-state index contributed by atoms with van der Waals surface area (Å²) in [6, 6.07) is 0.999. The molecule has 3 N–H and O–H groups in total. The molecular formula is C20H27NO3.